The van der Waals surface area contributed by atoms with Gasteiger partial charge in [0.2, 0.25) is 11.8 Å². The number of anilines is 2. The third-order valence-electron chi connectivity index (χ3n) is 5.46. The molecule has 0 aliphatic rings. The summed E-state index contributed by atoms with van der Waals surface area (Å²) in [4.78, 5) is 16.1. The number of aromatic nitrogens is 2. The standard InChI is InChI=1S/C25H25FN4O2S2/c1-28(2)19-11-7-18(8-12-19)27-23(31)16-22-24(32)30(20-9-5-17(26)6-10-20)25(33)29(22)14-13-21-4-3-15-34-21/h3-12,15,32H,13-14,16H2,1-2H3,(H,27,31). The minimum Gasteiger partial charge on any atom is -0.493 e. The SMILES string of the molecule is CN(C)c1ccc(NC(=O)Cc2c(O)n(-c3ccc(F)cc3)c(=S)n2CCc2cccs2)cc1. The Bertz CT molecular complexity index is 1330. The van der Waals surface area contributed by atoms with E-state index in [4.69, 9.17) is 12.2 Å². The zero-order chi connectivity index (χ0) is 24.2. The molecule has 4 rings (SSSR count). The molecule has 34 heavy (non-hydrogen) atoms. The van der Waals surface area contributed by atoms with Crippen LogP contribution < -0.4 is 10.2 Å². The Morgan fingerprint density at radius 1 is 1.12 bits per heavy atom. The van der Waals surface area contributed by atoms with Crippen LogP contribution in [0.5, 0.6) is 5.88 Å². The largest absolute Gasteiger partial charge is 0.493 e. The summed E-state index contributed by atoms with van der Waals surface area (Å²) >= 11 is 7.31. The van der Waals surface area contributed by atoms with Crippen molar-refractivity contribution in [1.29, 1.82) is 0 Å². The molecule has 0 saturated carbocycles. The highest BCUT2D eigenvalue weighted by Gasteiger charge is 2.21. The fourth-order valence-electron chi connectivity index (χ4n) is 3.68. The highest BCUT2D eigenvalue weighted by Crippen LogP contribution is 2.27. The normalized spacial score (nSPS) is 10.9. The first-order valence-electron chi connectivity index (χ1n) is 10.7. The van der Waals surface area contributed by atoms with Crippen molar-refractivity contribution in [3.05, 3.63) is 87.2 Å². The predicted octanol–water partition coefficient (Wildman–Crippen LogP) is 5.40. The van der Waals surface area contributed by atoms with Crippen LogP contribution in [0.3, 0.4) is 0 Å². The Labute approximate surface area is 206 Å². The van der Waals surface area contributed by atoms with Gasteiger partial charge in [0.25, 0.3) is 0 Å². The van der Waals surface area contributed by atoms with Crippen LogP contribution in [0.4, 0.5) is 15.8 Å². The first-order chi connectivity index (χ1) is 16.3. The zero-order valence-corrected chi connectivity index (χ0v) is 20.5. The van der Waals surface area contributed by atoms with Crippen LogP contribution in [0.1, 0.15) is 10.6 Å². The Morgan fingerprint density at radius 2 is 1.82 bits per heavy atom. The number of amides is 1. The van der Waals surface area contributed by atoms with Gasteiger partial charge in [0.05, 0.1) is 17.8 Å². The fraction of sp³-hybridized carbons (Fsp3) is 0.200. The molecule has 4 aromatic rings. The lowest BCUT2D eigenvalue weighted by molar-refractivity contribution is -0.115. The van der Waals surface area contributed by atoms with E-state index in [0.717, 1.165) is 5.69 Å². The number of thiophene rings is 1. The van der Waals surface area contributed by atoms with Gasteiger partial charge in [-0.1, -0.05) is 6.07 Å². The summed E-state index contributed by atoms with van der Waals surface area (Å²) < 4.78 is 17.1. The Balaban J connectivity index is 1.63. The van der Waals surface area contributed by atoms with E-state index in [0.29, 0.717) is 34.8 Å². The second-order valence-corrected chi connectivity index (χ2v) is 9.41. The summed E-state index contributed by atoms with van der Waals surface area (Å²) in [6.07, 6.45) is 0.642. The number of aromatic hydroxyl groups is 1. The van der Waals surface area contributed by atoms with E-state index in [-0.39, 0.29) is 24.0 Å². The molecule has 0 aliphatic carbocycles. The number of carbonyl (C=O) groups is 1. The number of halogens is 1. The van der Waals surface area contributed by atoms with Crippen LogP contribution in [0, 0.1) is 10.6 Å². The number of rotatable bonds is 8. The maximum atomic E-state index is 13.5. The number of aryl methyl sites for hydroxylation is 1. The summed E-state index contributed by atoms with van der Waals surface area (Å²) in [5, 5.41) is 16.0. The average molecular weight is 497 g/mol. The Hall–Kier alpha value is -3.43. The van der Waals surface area contributed by atoms with Gasteiger partial charge in [0.1, 0.15) is 5.82 Å². The monoisotopic (exact) mass is 496 g/mol. The molecule has 6 nitrogen and oxygen atoms in total. The van der Waals surface area contributed by atoms with E-state index in [2.05, 4.69) is 5.32 Å². The van der Waals surface area contributed by atoms with E-state index in [9.17, 15) is 14.3 Å². The smallest absolute Gasteiger partial charge is 0.230 e. The van der Waals surface area contributed by atoms with Gasteiger partial charge < -0.3 is 19.9 Å². The summed E-state index contributed by atoms with van der Waals surface area (Å²) in [6.45, 7) is 0.501. The molecule has 0 unspecified atom stereocenters. The summed E-state index contributed by atoms with van der Waals surface area (Å²) in [5.41, 5.74) is 2.62. The second-order valence-electron chi connectivity index (χ2n) is 8.01. The van der Waals surface area contributed by atoms with Crippen molar-refractivity contribution in [3.63, 3.8) is 0 Å². The number of nitrogens with zero attached hydrogens (tertiary/aromatic N) is 3. The van der Waals surface area contributed by atoms with Gasteiger partial charge >= 0.3 is 0 Å². The lowest BCUT2D eigenvalue weighted by atomic mass is 10.2. The summed E-state index contributed by atoms with van der Waals surface area (Å²) in [7, 11) is 3.90. The minimum atomic E-state index is -0.383. The first-order valence-corrected chi connectivity index (χ1v) is 12.0. The van der Waals surface area contributed by atoms with Crippen molar-refractivity contribution in [2.75, 3.05) is 24.3 Å². The van der Waals surface area contributed by atoms with Crippen molar-refractivity contribution in [3.8, 4) is 11.6 Å². The Kier molecular flexibility index (Phi) is 7.14. The van der Waals surface area contributed by atoms with Crippen LogP contribution in [-0.4, -0.2) is 34.2 Å². The molecule has 0 saturated heterocycles. The van der Waals surface area contributed by atoms with E-state index < -0.39 is 0 Å². The van der Waals surface area contributed by atoms with Gasteiger partial charge in [-0.25, -0.2) is 4.39 Å². The molecular weight excluding hydrogens is 471 g/mol. The molecule has 0 aliphatic heterocycles. The van der Waals surface area contributed by atoms with Gasteiger partial charge in [-0.2, -0.15) is 0 Å². The first kappa shape index (κ1) is 23.7. The van der Waals surface area contributed by atoms with Crippen LogP contribution in [0.25, 0.3) is 5.69 Å². The molecule has 2 aromatic heterocycles. The lowest BCUT2D eigenvalue weighted by Crippen LogP contribution is -2.17. The molecule has 0 radical (unpaired) electrons. The fourth-order valence-corrected chi connectivity index (χ4v) is 4.77. The quantitative estimate of drug-likeness (QED) is 0.321. The second kappa shape index (κ2) is 10.2. The molecule has 0 spiro atoms. The molecule has 176 valence electrons. The van der Waals surface area contributed by atoms with E-state index in [1.807, 2.05) is 60.8 Å². The van der Waals surface area contributed by atoms with Crippen molar-refractivity contribution in [2.24, 2.45) is 0 Å². The minimum absolute atomic E-state index is 0.0659. The van der Waals surface area contributed by atoms with Crippen LogP contribution >= 0.6 is 23.6 Å². The van der Waals surface area contributed by atoms with Crippen molar-refractivity contribution in [1.82, 2.24) is 9.13 Å². The lowest BCUT2D eigenvalue weighted by Gasteiger charge is -2.13. The van der Waals surface area contributed by atoms with Gasteiger partial charge in [-0.3, -0.25) is 9.36 Å². The summed E-state index contributed by atoms with van der Waals surface area (Å²) in [6, 6.07) is 17.2. The van der Waals surface area contributed by atoms with E-state index in [1.54, 1.807) is 28.0 Å². The van der Waals surface area contributed by atoms with Crippen molar-refractivity contribution >= 4 is 40.8 Å². The number of imidazole rings is 1. The number of carbonyl (C=O) groups excluding carboxylic acids is 1. The molecular formula is C25H25FN4O2S2. The van der Waals surface area contributed by atoms with Gasteiger partial charge in [-0.15, -0.1) is 11.3 Å². The van der Waals surface area contributed by atoms with Gasteiger partial charge in [-0.05, 0) is 78.6 Å². The van der Waals surface area contributed by atoms with Crippen LogP contribution in [0.15, 0.2) is 66.0 Å². The number of nitrogens with one attached hydrogen (secondary N) is 1. The molecule has 2 heterocycles. The van der Waals surface area contributed by atoms with Crippen molar-refractivity contribution < 1.29 is 14.3 Å². The topological polar surface area (TPSA) is 62.4 Å². The average Bonchev–Trinajstić information content (AvgIpc) is 3.40. The summed E-state index contributed by atoms with van der Waals surface area (Å²) in [5.74, 6) is -0.781. The molecule has 0 fully saturated rings. The van der Waals surface area contributed by atoms with Gasteiger partial charge in [0.15, 0.2) is 4.77 Å². The molecule has 0 bridgehead atoms. The molecule has 0 atom stereocenters. The zero-order valence-electron chi connectivity index (χ0n) is 18.9. The highest BCUT2D eigenvalue weighted by atomic mass is 32.1. The number of hydrogen-bond acceptors (Lipinski definition) is 5. The predicted molar refractivity (Wildman–Crippen MR) is 137 cm³/mol. The number of hydrogen-bond donors (Lipinski definition) is 2. The van der Waals surface area contributed by atoms with Crippen molar-refractivity contribution in [2.45, 2.75) is 19.4 Å². The molecule has 1 amide bonds. The van der Waals surface area contributed by atoms with Gasteiger partial charge in [0, 0.05) is 36.9 Å². The maximum absolute atomic E-state index is 13.5. The Morgan fingerprint density at radius 3 is 2.44 bits per heavy atom. The number of benzene rings is 2. The molecule has 2 aromatic carbocycles. The van der Waals surface area contributed by atoms with Crippen LogP contribution in [0.2, 0.25) is 0 Å². The van der Waals surface area contributed by atoms with E-state index >= 15 is 0 Å². The van der Waals surface area contributed by atoms with E-state index in [1.165, 1.54) is 21.6 Å². The maximum Gasteiger partial charge on any atom is 0.230 e. The molecule has 2 N–H and O–H groups in total. The van der Waals surface area contributed by atoms with Crippen LogP contribution in [-0.2, 0) is 24.2 Å². The molecule has 9 heteroatoms. The third-order valence-corrected chi connectivity index (χ3v) is 6.80. The highest BCUT2D eigenvalue weighted by molar-refractivity contribution is 7.71. The third kappa shape index (κ3) is 5.21.